The molecule has 0 amide bonds. The SMILES string of the molecule is CCc1c(CC2CCCCC2)nc(SCC=O)[nH]c1=O. The Hall–Kier alpha value is -1.10. The highest BCUT2D eigenvalue weighted by Crippen LogP contribution is 2.27. The van der Waals surface area contributed by atoms with Gasteiger partial charge < -0.3 is 9.78 Å². The fraction of sp³-hybridized carbons (Fsp3) is 0.667. The van der Waals surface area contributed by atoms with Gasteiger partial charge in [0.15, 0.2) is 5.16 Å². The molecular formula is C15H22N2O2S. The highest BCUT2D eigenvalue weighted by Gasteiger charge is 2.18. The predicted molar refractivity (Wildman–Crippen MR) is 81.3 cm³/mol. The van der Waals surface area contributed by atoms with E-state index in [1.807, 2.05) is 6.92 Å². The summed E-state index contributed by atoms with van der Waals surface area (Å²) in [6, 6.07) is 0. The number of hydrogen-bond donors (Lipinski definition) is 1. The number of carbonyl (C=O) groups excluding carboxylic acids is 1. The average molecular weight is 294 g/mol. The number of nitrogens with one attached hydrogen (secondary N) is 1. The maximum Gasteiger partial charge on any atom is 0.254 e. The third-order valence-corrected chi connectivity index (χ3v) is 4.70. The molecule has 5 heteroatoms. The number of aromatic amines is 1. The minimum absolute atomic E-state index is 0.0401. The molecule has 1 aliphatic carbocycles. The Morgan fingerprint density at radius 2 is 2.10 bits per heavy atom. The molecular weight excluding hydrogens is 272 g/mol. The van der Waals surface area contributed by atoms with Gasteiger partial charge in [0.2, 0.25) is 0 Å². The van der Waals surface area contributed by atoms with Crippen LogP contribution in [0, 0.1) is 5.92 Å². The van der Waals surface area contributed by atoms with Gasteiger partial charge in [0.1, 0.15) is 6.29 Å². The molecule has 1 heterocycles. The van der Waals surface area contributed by atoms with Gasteiger partial charge in [-0.25, -0.2) is 4.98 Å². The Morgan fingerprint density at radius 3 is 2.75 bits per heavy atom. The molecule has 1 saturated carbocycles. The van der Waals surface area contributed by atoms with Crippen molar-refractivity contribution in [2.45, 2.75) is 57.0 Å². The van der Waals surface area contributed by atoms with E-state index in [2.05, 4.69) is 9.97 Å². The van der Waals surface area contributed by atoms with Crippen LogP contribution >= 0.6 is 11.8 Å². The van der Waals surface area contributed by atoms with Crippen LogP contribution in [0.2, 0.25) is 0 Å². The molecule has 1 fully saturated rings. The van der Waals surface area contributed by atoms with Crippen LogP contribution in [-0.2, 0) is 17.6 Å². The molecule has 0 saturated heterocycles. The summed E-state index contributed by atoms with van der Waals surface area (Å²) in [5.74, 6) is 0.990. The van der Waals surface area contributed by atoms with Crippen LogP contribution in [0.4, 0.5) is 0 Å². The lowest BCUT2D eigenvalue weighted by Crippen LogP contribution is -2.21. The van der Waals surface area contributed by atoms with E-state index in [9.17, 15) is 9.59 Å². The molecule has 0 spiro atoms. The number of H-pyrrole nitrogens is 1. The van der Waals surface area contributed by atoms with Crippen LogP contribution in [-0.4, -0.2) is 22.0 Å². The standard InChI is InChI=1S/C15H22N2O2S/c1-2-12-13(10-11-6-4-3-5-7-11)16-15(17-14(12)19)20-9-8-18/h8,11H,2-7,9-10H2,1H3,(H,16,17,19). The predicted octanol–water partition coefficient (Wildman–Crippen LogP) is 2.75. The fourth-order valence-corrected chi connectivity index (χ4v) is 3.47. The lowest BCUT2D eigenvalue weighted by atomic mass is 9.85. The van der Waals surface area contributed by atoms with Crippen molar-refractivity contribution in [3.05, 3.63) is 21.6 Å². The van der Waals surface area contributed by atoms with Gasteiger partial charge in [-0.05, 0) is 18.8 Å². The van der Waals surface area contributed by atoms with Gasteiger partial charge in [-0.2, -0.15) is 0 Å². The number of aromatic nitrogens is 2. The van der Waals surface area contributed by atoms with Gasteiger partial charge in [-0.1, -0.05) is 50.8 Å². The minimum atomic E-state index is -0.0401. The zero-order valence-corrected chi connectivity index (χ0v) is 12.8. The number of nitrogens with zero attached hydrogens (tertiary/aromatic N) is 1. The smallest absolute Gasteiger partial charge is 0.254 e. The number of aldehydes is 1. The first-order valence-electron chi connectivity index (χ1n) is 7.43. The number of carbonyl (C=O) groups is 1. The monoisotopic (exact) mass is 294 g/mol. The maximum atomic E-state index is 12.1. The molecule has 110 valence electrons. The molecule has 0 aliphatic heterocycles. The van der Waals surface area contributed by atoms with Gasteiger partial charge in [0.05, 0.1) is 11.4 Å². The summed E-state index contributed by atoms with van der Waals surface area (Å²) in [4.78, 5) is 29.9. The van der Waals surface area contributed by atoms with Crippen LogP contribution in [0.1, 0.15) is 50.3 Å². The van der Waals surface area contributed by atoms with Crippen molar-refractivity contribution >= 4 is 18.0 Å². The van der Waals surface area contributed by atoms with Crippen LogP contribution in [0.15, 0.2) is 9.95 Å². The van der Waals surface area contributed by atoms with E-state index < -0.39 is 0 Å². The number of thioether (sulfide) groups is 1. The molecule has 0 atom stereocenters. The molecule has 0 aromatic carbocycles. The molecule has 4 nitrogen and oxygen atoms in total. The maximum absolute atomic E-state index is 12.1. The lowest BCUT2D eigenvalue weighted by Gasteiger charge is -2.22. The highest BCUT2D eigenvalue weighted by atomic mass is 32.2. The zero-order valence-electron chi connectivity index (χ0n) is 12.0. The summed E-state index contributed by atoms with van der Waals surface area (Å²) in [7, 11) is 0. The third kappa shape index (κ3) is 3.95. The second kappa shape index (κ2) is 7.62. The Bertz CT molecular complexity index is 507. The molecule has 1 N–H and O–H groups in total. The highest BCUT2D eigenvalue weighted by molar-refractivity contribution is 7.99. The van der Waals surface area contributed by atoms with Crippen LogP contribution in [0.5, 0.6) is 0 Å². The van der Waals surface area contributed by atoms with E-state index in [1.54, 1.807) is 0 Å². The van der Waals surface area contributed by atoms with Crippen LogP contribution < -0.4 is 5.56 Å². The number of hydrogen-bond acceptors (Lipinski definition) is 4. The minimum Gasteiger partial charge on any atom is -0.302 e. The summed E-state index contributed by atoms with van der Waals surface area (Å²) in [5, 5.41) is 0.574. The summed E-state index contributed by atoms with van der Waals surface area (Å²) in [5.41, 5.74) is 1.71. The van der Waals surface area contributed by atoms with Gasteiger partial charge >= 0.3 is 0 Å². The first kappa shape index (κ1) is 15.3. The first-order chi connectivity index (χ1) is 9.74. The van der Waals surface area contributed by atoms with Gasteiger partial charge in [-0.15, -0.1) is 0 Å². The molecule has 0 radical (unpaired) electrons. The van der Waals surface area contributed by atoms with Crippen molar-refractivity contribution in [2.24, 2.45) is 5.92 Å². The molecule has 1 aliphatic rings. The Morgan fingerprint density at radius 1 is 1.35 bits per heavy atom. The first-order valence-corrected chi connectivity index (χ1v) is 8.41. The van der Waals surface area contributed by atoms with Crippen molar-refractivity contribution in [3.63, 3.8) is 0 Å². The molecule has 0 unspecified atom stereocenters. The van der Waals surface area contributed by atoms with E-state index >= 15 is 0 Å². The van der Waals surface area contributed by atoms with Crippen molar-refractivity contribution < 1.29 is 4.79 Å². The summed E-state index contributed by atoms with van der Waals surface area (Å²) in [6.07, 6.45) is 8.86. The van der Waals surface area contributed by atoms with Crippen LogP contribution in [0.3, 0.4) is 0 Å². The Labute approximate surface area is 123 Å². The normalized spacial score (nSPS) is 16.2. The van der Waals surface area contributed by atoms with Crippen molar-refractivity contribution in [2.75, 3.05) is 5.75 Å². The molecule has 0 bridgehead atoms. The lowest BCUT2D eigenvalue weighted by molar-refractivity contribution is -0.105. The van der Waals surface area contributed by atoms with E-state index in [0.29, 0.717) is 23.2 Å². The number of rotatable bonds is 6. The Kier molecular flexibility index (Phi) is 5.83. The van der Waals surface area contributed by atoms with Crippen molar-refractivity contribution in [3.8, 4) is 0 Å². The Balaban J connectivity index is 2.20. The van der Waals surface area contributed by atoms with Gasteiger partial charge in [-0.3, -0.25) is 4.79 Å². The van der Waals surface area contributed by atoms with E-state index in [-0.39, 0.29) is 5.56 Å². The third-order valence-electron chi connectivity index (χ3n) is 3.93. The zero-order chi connectivity index (χ0) is 14.4. The average Bonchev–Trinajstić information content (AvgIpc) is 2.46. The van der Waals surface area contributed by atoms with E-state index in [0.717, 1.165) is 24.0 Å². The van der Waals surface area contributed by atoms with Crippen molar-refractivity contribution in [1.82, 2.24) is 9.97 Å². The van der Waals surface area contributed by atoms with Gasteiger partial charge in [0.25, 0.3) is 5.56 Å². The van der Waals surface area contributed by atoms with E-state index in [4.69, 9.17) is 0 Å². The largest absolute Gasteiger partial charge is 0.302 e. The fourth-order valence-electron chi connectivity index (χ4n) is 2.90. The quantitative estimate of drug-likeness (QED) is 0.498. The second-order valence-electron chi connectivity index (χ2n) is 5.34. The van der Waals surface area contributed by atoms with Crippen molar-refractivity contribution in [1.29, 1.82) is 0 Å². The van der Waals surface area contributed by atoms with E-state index in [1.165, 1.54) is 43.9 Å². The molecule has 2 rings (SSSR count). The summed E-state index contributed by atoms with van der Waals surface area (Å²) < 4.78 is 0. The topological polar surface area (TPSA) is 62.8 Å². The molecule has 20 heavy (non-hydrogen) atoms. The van der Waals surface area contributed by atoms with Crippen LogP contribution in [0.25, 0.3) is 0 Å². The summed E-state index contributed by atoms with van der Waals surface area (Å²) in [6.45, 7) is 1.99. The second-order valence-corrected chi connectivity index (χ2v) is 6.34. The molecule has 1 aromatic heterocycles. The van der Waals surface area contributed by atoms with Gasteiger partial charge in [0, 0.05) is 5.56 Å². The molecule has 1 aromatic rings. The summed E-state index contributed by atoms with van der Waals surface area (Å²) >= 11 is 1.30.